The van der Waals surface area contributed by atoms with E-state index >= 15 is 0 Å². The van der Waals surface area contributed by atoms with Crippen molar-refractivity contribution in [3.8, 4) is 35.3 Å². The number of rotatable bonds is 13. The Kier molecular flexibility index (Phi) is 13.6. The largest absolute Gasteiger partial charge is 0.507 e. The lowest BCUT2D eigenvalue weighted by Crippen LogP contribution is -2.49. The van der Waals surface area contributed by atoms with E-state index in [4.69, 9.17) is 30.1 Å². The molecule has 0 aliphatic carbocycles. The molecular weight excluding hydrogens is 558 g/mol. The normalized spacial score (nSPS) is 18.1. The molecule has 44 heavy (non-hydrogen) atoms. The van der Waals surface area contributed by atoms with Crippen LogP contribution in [-0.2, 0) is 22.4 Å². The summed E-state index contributed by atoms with van der Waals surface area (Å²) in [5.41, 5.74) is 4.04. The zero-order valence-corrected chi connectivity index (χ0v) is 27.1. The van der Waals surface area contributed by atoms with Crippen molar-refractivity contribution in [2.75, 3.05) is 40.1 Å². The number of allylic oxidation sites excluding steroid dienone is 2. The predicted octanol–water partition coefficient (Wildman–Crippen LogP) is 5.92. The Morgan fingerprint density at radius 2 is 1.73 bits per heavy atom. The number of benzene rings is 2. The monoisotopic (exact) mass is 607 g/mol. The van der Waals surface area contributed by atoms with Crippen molar-refractivity contribution >= 4 is 12.2 Å². The van der Waals surface area contributed by atoms with Crippen LogP contribution in [0.25, 0.3) is 12.2 Å². The number of aliphatic hydroxyl groups excluding tert-OH is 1. The van der Waals surface area contributed by atoms with Crippen LogP contribution in [-0.4, -0.2) is 68.1 Å². The van der Waals surface area contributed by atoms with Crippen molar-refractivity contribution in [3.63, 3.8) is 0 Å². The molecule has 0 radical (unpaired) electrons. The number of hydrogen-bond donors (Lipinski definition) is 3. The summed E-state index contributed by atoms with van der Waals surface area (Å²) in [5, 5.41) is 25.2. The van der Waals surface area contributed by atoms with E-state index < -0.39 is 11.6 Å². The maximum absolute atomic E-state index is 11.0. The van der Waals surface area contributed by atoms with Crippen LogP contribution in [0.15, 0.2) is 35.9 Å². The fourth-order valence-electron chi connectivity index (χ4n) is 4.79. The number of fused-ring (bicyclic) bond motifs is 1. The summed E-state index contributed by atoms with van der Waals surface area (Å²) in [6.45, 7) is 12.4. The zero-order chi connectivity index (χ0) is 32.1. The molecule has 2 aromatic carbocycles. The molecule has 2 aromatic rings. The molecule has 0 amide bonds. The molecule has 0 saturated heterocycles. The first-order chi connectivity index (χ1) is 21.0. The molecule has 3 rings (SSSR count). The number of nitrogens with one attached hydrogen (secondary N) is 1. The molecule has 1 aliphatic rings. The van der Waals surface area contributed by atoms with Crippen LogP contribution in [0.5, 0.6) is 23.0 Å². The third-order valence-electron chi connectivity index (χ3n) is 7.54. The second kappa shape index (κ2) is 17.1. The van der Waals surface area contributed by atoms with E-state index in [1.54, 1.807) is 13.2 Å². The number of phenols is 1. The Bertz CT molecular complexity index is 1320. The van der Waals surface area contributed by atoms with Crippen LogP contribution in [0, 0.1) is 12.3 Å². The summed E-state index contributed by atoms with van der Waals surface area (Å²) in [6.07, 6.45) is 12.5. The molecule has 2 atom stereocenters. The number of ether oxygens (including phenoxy) is 5. The smallest absolute Gasteiger partial charge is 0.166 e. The van der Waals surface area contributed by atoms with Gasteiger partial charge in [0.15, 0.2) is 11.5 Å². The first-order valence-electron chi connectivity index (χ1n) is 15.2. The van der Waals surface area contributed by atoms with Gasteiger partial charge in [0, 0.05) is 23.2 Å². The van der Waals surface area contributed by atoms with Gasteiger partial charge in [0.2, 0.25) is 0 Å². The number of phenolic OH excluding ortho intramolecular Hbond substituents is 1. The highest BCUT2D eigenvalue weighted by Gasteiger charge is 2.30. The fraction of sp³-hybridized carbons (Fsp3) is 0.500. The topological polar surface area (TPSA) is 98.6 Å². The minimum Gasteiger partial charge on any atom is -0.507 e. The Balaban J connectivity index is 1.85. The molecule has 0 aromatic heterocycles. The second-order valence-corrected chi connectivity index (χ2v) is 11.9. The van der Waals surface area contributed by atoms with E-state index in [1.807, 2.05) is 58.9 Å². The average Bonchev–Trinajstić information content (AvgIpc) is 2.98. The third-order valence-corrected chi connectivity index (χ3v) is 7.54. The van der Waals surface area contributed by atoms with Crippen LogP contribution in [0.1, 0.15) is 69.7 Å². The van der Waals surface area contributed by atoms with Gasteiger partial charge in [0.25, 0.3) is 0 Å². The first-order valence-corrected chi connectivity index (χ1v) is 15.2. The Morgan fingerprint density at radius 3 is 2.43 bits per heavy atom. The minimum absolute atomic E-state index is 0.0777. The lowest BCUT2D eigenvalue weighted by atomic mass is 9.91. The van der Waals surface area contributed by atoms with Gasteiger partial charge in [0.05, 0.1) is 39.1 Å². The van der Waals surface area contributed by atoms with E-state index in [2.05, 4.69) is 23.4 Å². The number of aromatic hydroxyl groups is 1. The van der Waals surface area contributed by atoms with Crippen LogP contribution in [0.2, 0.25) is 0 Å². The molecule has 0 bridgehead atoms. The Labute approximate surface area is 263 Å². The van der Waals surface area contributed by atoms with Gasteiger partial charge in [0.1, 0.15) is 24.7 Å². The highest BCUT2D eigenvalue weighted by atomic mass is 16.5. The van der Waals surface area contributed by atoms with Crippen LogP contribution in [0.3, 0.4) is 0 Å². The standard InChI is InChI=1S/C36H49NO7/c1-8-15-41-16-17-42-18-19-43-32-22-28(21-31(38)30(32)13-9-25(2)3)12-11-27-20-29-24-37-36(5,6)34(39)14-10-26(4)44-35(29)33(23-27)40-7/h1,9,11-12,20-23,26,34,37-39H,10,13-19,24H2,2-7H3/b12-11+/t26-,34-/m1/s1. The van der Waals surface area contributed by atoms with Gasteiger partial charge >= 0.3 is 0 Å². The molecule has 240 valence electrons. The van der Waals surface area contributed by atoms with Gasteiger partial charge in [-0.25, -0.2) is 0 Å². The van der Waals surface area contributed by atoms with Crippen LogP contribution < -0.4 is 19.5 Å². The molecule has 0 unspecified atom stereocenters. The summed E-state index contributed by atoms with van der Waals surface area (Å²) < 4.78 is 29.0. The average molecular weight is 608 g/mol. The minimum atomic E-state index is -0.497. The summed E-state index contributed by atoms with van der Waals surface area (Å²) in [5.74, 6) is 4.54. The van der Waals surface area contributed by atoms with Gasteiger partial charge in [-0.1, -0.05) is 29.7 Å². The Morgan fingerprint density at radius 1 is 1.05 bits per heavy atom. The zero-order valence-electron chi connectivity index (χ0n) is 27.1. The van der Waals surface area contributed by atoms with Gasteiger partial charge in [-0.2, -0.15) is 0 Å². The number of terminal acetylenes is 1. The number of hydrogen-bond acceptors (Lipinski definition) is 8. The molecule has 8 nitrogen and oxygen atoms in total. The molecule has 0 saturated carbocycles. The SMILES string of the molecule is C#CCOCCOCCOc1cc(/C=C/c2cc3c(c(OC)c2)O[C@H](C)CC[C@@H](O)C(C)(C)NC3)cc(O)c1CC=C(C)C. The lowest BCUT2D eigenvalue weighted by molar-refractivity contribution is 0.0461. The molecule has 1 aliphatic heterocycles. The molecule has 3 N–H and O–H groups in total. The number of aliphatic hydroxyl groups is 1. The van der Waals surface area contributed by atoms with E-state index in [1.165, 1.54) is 0 Å². The molecular formula is C36H49NO7. The van der Waals surface area contributed by atoms with Crippen LogP contribution in [0.4, 0.5) is 0 Å². The molecule has 8 heteroatoms. The van der Waals surface area contributed by atoms with Gasteiger partial charge in [-0.05, 0) is 89.3 Å². The first kappa shape index (κ1) is 35.0. The summed E-state index contributed by atoms with van der Waals surface area (Å²) in [6, 6.07) is 7.67. The predicted molar refractivity (Wildman–Crippen MR) is 175 cm³/mol. The molecule has 0 spiro atoms. The van der Waals surface area contributed by atoms with E-state index in [-0.39, 0.29) is 18.5 Å². The van der Waals surface area contributed by atoms with Crippen molar-refractivity contribution in [2.24, 2.45) is 0 Å². The second-order valence-electron chi connectivity index (χ2n) is 11.9. The number of methoxy groups -OCH3 is 1. The summed E-state index contributed by atoms with van der Waals surface area (Å²) in [4.78, 5) is 0. The van der Waals surface area contributed by atoms with Gasteiger partial charge in [-0.3, -0.25) is 0 Å². The van der Waals surface area contributed by atoms with Crippen LogP contribution >= 0.6 is 0 Å². The highest BCUT2D eigenvalue weighted by Crippen LogP contribution is 2.37. The maximum Gasteiger partial charge on any atom is 0.166 e. The van der Waals surface area contributed by atoms with Crippen molar-refractivity contribution in [1.82, 2.24) is 5.32 Å². The van der Waals surface area contributed by atoms with Crippen molar-refractivity contribution in [2.45, 2.75) is 78.2 Å². The molecule has 1 heterocycles. The fourth-order valence-corrected chi connectivity index (χ4v) is 4.79. The van der Waals surface area contributed by atoms with Gasteiger partial charge in [-0.15, -0.1) is 6.42 Å². The van der Waals surface area contributed by atoms with Crippen molar-refractivity contribution in [3.05, 3.63) is 58.2 Å². The van der Waals surface area contributed by atoms with Crippen molar-refractivity contribution in [1.29, 1.82) is 0 Å². The third kappa shape index (κ3) is 10.6. The highest BCUT2D eigenvalue weighted by molar-refractivity contribution is 5.73. The van der Waals surface area contributed by atoms with Crippen molar-refractivity contribution < 1.29 is 33.9 Å². The Hall–Kier alpha value is -3.48. The lowest BCUT2D eigenvalue weighted by Gasteiger charge is -2.34. The van der Waals surface area contributed by atoms with E-state index in [0.29, 0.717) is 63.1 Å². The summed E-state index contributed by atoms with van der Waals surface area (Å²) in [7, 11) is 1.64. The maximum atomic E-state index is 11.0. The van der Waals surface area contributed by atoms with Gasteiger partial charge < -0.3 is 39.2 Å². The van der Waals surface area contributed by atoms with E-state index in [9.17, 15) is 10.2 Å². The summed E-state index contributed by atoms with van der Waals surface area (Å²) >= 11 is 0. The van der Waals surface area contributed by atoms with E-state index in [0.717, 1.165) is 34.2 Å². The molecule has 0 fully saturated rings. The quantitative estimate of drug-likeness (QED) is 0.112.